The molecule has 160 valence electrons. The minimum atomic E-state index is -3.43. The van der Waals surface area contributed by atoms with Crippen molar-refractivity contribution in [2.75, 3.05) is 24.7 Å². The van der Waals surface area contributed by atoms with Crippen LogP contribution < -0.4 is 16.7 Å². The quantitative estimate of drug-likeness (QED) is 0.324. The molecule has 2 aliphatic rings. The molecule has 1 aromatic carbocycles. The van der Waals surface area contributed by atoms with Crippen molar-refractivity contribution < 1.29 is 28.2 Å². The second-order valence-corrected chi connectivity index (χ2v) is 9.38. The van der Waals surface area contributed by atoms with Gasteiger partial charge in [-0.3, -0.25) is 0 Å². The zero-order chi connectivity index (χ0) is 21.5. The molecule has 3 unspecified atom stereocenters. The molecule has 0 bridgehead atoms. The number of nitrogens with two attached hydrogens (primary N) is 1. The molecule has 4 N–H and O–H groups in total. The van der Waals surface area contributed by atoms with E-state index in [-0.39, 0.29) is 12.4 Å². The van der Waals surface area contributed by atoms with Crippen molar-refractivity contribution in [3.63, 3.8) is 0 Å². The number of aromatic nitrogens is 2. The number of para-hydroxylation sites is 1. The molecule has 4 rings (SSSR count). The molecule has 2 aliphatic heterocycles. The fraction of sp³-hybridized carbons (Fsp3) is 0.353. The van der Waals surface area contributed by atoms with Crippen molar-refractivity contribution in [1.82, 2.24) is 9.55 Å². The van der Waals surface area contributed by atoms with Crippen LogP contribution in [-0.2, 0) is 18.5 Å². The van der Waals surface area contributed by atoms with Crippen molar-refractivity contribution in [2.24, 2.45) is 0 Å². The monoisotopic (exact) mass is 436 g/mol. The number of hydrogen-bond acceptors (Lipinski definition) is 10. The van der Waals surface area contributed by atoms with Crippen molar-refractivity contribution in [3.8, 4) is 0 Å². The van der Waals surface area contributed by atoms with E-state index >= 15 is 0 Å². The van der Waals surface area contributed by atoms with Gasteiger partial charge in [0.05, 0.1) is 0 Å². The predicted molar refractivity (Wildman–Crippen MR) is 112 cm³/mol. The van der Waals surface area contributed by atoms with Crippen LogP contribution in [0.5, 0.6) is 0 Å². The van der Waals surface area contributed by atoms with Crippen molar-refractivity contribution in [2.45, 2.75) is 24.5 Å². The number of carbonyl (C=O) groups is 1. The van der Waals surface area contributed by atoms with E-state index in [9.17, 15) is 14.5 Å². The number of fused-ring (bicyclic) bond motifs is 1. The fourth-order valence-electron chi connectivity index (χ4n) is 3.54. The van der Waals surface area contributed by atoms with E-state index in [1.54, 1.807) is 31.3 Å². The van der Waals surface area contributed by atoms with E-state index < -0.39 is 44.0 Å². The van der Waals surface area contributed by atoms with Gasteiger partial charge in [0.1, 0.15) is 0 Å². The van der Waals surface area contributed by atoms with Crippen LogP contribution in [-0.4, -0.2) is 59.9 Å². The van der Waals surface area contributed by atoms with Gasteiger partial charge in [-0.25, -0.2) is 0 Å². The summed E-state index contributed by atoms with van der Waals surface area (Å²) in [5.41, 5.74) is 5.79. The zero-order valence-corrected chi connectivity index (χ0v) is 17.3. The maximum atomic E-state index is 13.0. The summed E-state index contributed by atoms with van der Waals surface area (Å²) in [7, 11) is -0.277. The van der Waals surface area contributed by atoms with Gasteiger partial charge in [-0.1, -0.05) is 0 Å². The Morgan fingerprint density at radius 3 is 2.93 bits per heavy atom. The standard InChI is InChI=1S/C17H22BN4O7P/c1-20-10-5-3-2-4-9(10)16(23)28-14-13-11(8-26-30(18,25)29-13)27-15(14)22-7-6-12(19)21-17(22)24/h2-7,11,13-15,20,25,30H,8,18H2,1H3,(H2,19,21,24)/t11?,13-,14?,15?/m1/s1. The number of nitrogen functional groups attached to an aromatic ring is 1. The average molecular weight is 436 g/mol. The molecule has 0 radical (unpaired) electrons. The summed E-state index contributed by atoms with van der Waals surface area (Å²) in [5, 5.41) is 2.93. The summed E-state index contributed by atoms with van der Waals surface area (Å²) in [6.07, 6.45) is -2.12. The molecule has 0 saturated carbocycles. The molecule has 2 saturated heterocycles. The first-order chi connectivity index (χ1) is 14.3. The molecule has 13 heteroatoms. The molecule has 2 aromatic rings. The number of anilines is 2. The van der Waals surface area contributed by atoms with E-state index in [0.29, 0.717) is 11.3 Å². The third-order valence-electron chi connectivity index (χ3n) is 4.94. The van der Waals surface area contributed by atoms with Gasteiger partial charge in [-0.2, -0.15) is 0 Å². The van der Waals surface area contributed by atoms with E-state index in [1.165, 1.54) is 24.4 Å². The molecule has 30 heavy (non-hydrogen) atoms. The molecule has 0 aliphatic carbocycles. The average Bonchev–Trinajstić information content (AvgIpc) is 3.04. The molecular weight excluding hydrogens is 414 g/mol. The number of esters is 1. The predicted octanol–water partition coefficient (Wildman–Crippen LogP) is -0.559. The molecule has 11 nitrogen and oxygen atoms in total. The topological polar surface area (TPSA) is 147 Å². The first-order valence-electron chi connectivity index (χ1n) is 9.31. The molecule has 0 amide bonds. The van der Waals surface area contributed by atoms with Crippen LogP contribution >= 0.6 is 7.82 Å². The molecule has 3 heterocycles. The van der Waals surface area contributed by atoms with Crippen LogP contribution in [0.25, 0.3) is 0 Å². The van der Waals surface area contributed by atoms with E-state index in [0.717, 1.165) is 0 Å². The van der Waals surface area contributed by atoms with Gasteiger partial charge in [0.25, 0.3) is 0 Å². The molecular formula is C17H22BN4O7P. The van der Waals surface area contributed by atoms with E-state index in [2.05, 4.69) is 10.3 Å². The zero-order valence-electron chi connectivity index (χ0n) is 16.3. The van der Waals surface area contributed by atoms with Gasteiger partial charge >= 0.3 is 172 Å². The van der Waals surface area contributed by atoms with Crippen LogP contribution in [0.15, 0.2) is 41.3 Å². The Hall–Kier alpha value is -2.50. The van der Waals surface area contributed by atoms with Crippen molar-refractivity contribution >= 4 is 32.9 Å². The van der Waals surface area contributed by atoms with Gasteiger partial charge in [-0.05, 0) is 0 Å². The number of ether oxygens (including phenoxy) is 2. The summed E-state index contributed by atoms with van der Waals surface area (Å²) >= 11 is 0. The van der Waals surface area contributed by atoms with Gasteiger partial charge in [-0.15, -0.1) is 0 Å². The van der Waals surface area contributed by atoms with Crippen LogP contribution in [0.2, 0.25) is 0 Å². The van der Waals surface area contributed by atoms with Crippen LogP contribution in [0.3, 0.4) is 0 Å². The molecule has 0 spiro atoms. The van der Waals surface area contributed by atoms with Crippen molar-refractivity contribution in [3.05, 3.63) is 52.6 Å². The Labute approximate surface area is 173 Å². The summed E-state index contributed by atoms with van der Waals surface area (Å²) in [6, 6.07) is 8.27. The van der Waals surface area contributed by atoms with Crippen LogP contribution in [0.1, 0.15) is 16.6 Å². The van der Waals surface area contributed by atoms with E-state index in [1.807, 2.05) is 0 Å². The van der Waals surface area contributed by atoms with Gasteiger partial charge in [0, 0.05) is 0 Å². The second kappa shape index (κ2) is 7.97. The van der Waals surface area contributed by atoms with Crippen LogP contribution in [0.4, 0.5) is 11.5 Å². The molecule has 4 atom stereocenters. The maximum absolute atomic E-state index is 13.0. The fourth-order valence-corrected chi connectivity index (χ4v) is 4.88. The number of benzene rings is 1. The molecule has 2 fully saturated rings. The van der Waals surface area contributed by atoms with Gasteiger partial charge < -0.3 is 0 Å². The summed E-state index contributed by atoms with van der Waals surface area (Å²) in [5.74, 6) is -0.579. The Bertz CT molecular complexity index is 1020. The van der Waals surface area contributed by atoms with E-state index in [4.69, 9.17) is 24.3 Å². The third-order valence-corrected chi connectivity index (χ3v) is 6.35. The number of nitrogens with zero attached hydrogens (tertiary/aromatic N) is 2. The Morgan fingerprint density at radius 1 is 1.43 bits per heavy atom. The van der Waals surface area contributed by atoms with Gasteiger partial charge in [0.15, 0.2) is 0 Å². The Balaban J connectivity index is 1.69. The SMILES string of the molecule is B[PH]1(O)OCC2OC(n3ccc(N)nc3=O)C(OC(=O)c3ccccc3NC)[C@@H]2O1. The normalized spacial score (nSPS) is 28.3. The number of rotatable bonds is 4. The summed E-state index contributed by atoms with van der Waals surface area (Å²) in [4.78, 5) is 39.4. The summed E-state index contributed by atoms with van der Waals surface area (Å²) < 4.78 is 23.9. The first kappa shape index (κ1) is 20.8. The third kappa shape index (κ3) is 3.92. The van der Waals surface area contributed by atoms with Crippen LogP contribution in [0, 0.1) is 0 Å². The first-order valence-corrected chi connectivity index (χ1v) is 11.6. The Morgan fingerprint density at radius 2 is 2.20 bits per heavy atom. The van der Waals surface area contributed by atoms with Crippen molar-refractivity contribution in [1.29, 1.82) is 0 Å². The molecule has 1 aromatic heterocycles. The summed E-state index contributed by atoms with van der Waals surface area (Å²) in [6.45, 7) is 0.0404. The number of hydrogen-bond donors (Lipinski definition) is 3. The Kier molecular flexibility index (Phi) is 5.52. The van der Waals surface area contributed by atoms with Gasteiger partial charge in [0.2, 0.25) is 0 Å². The number of carbonyl (C=O) groups excluding carboxylic acids is 1. The second-order valence-electron chi connectivity index (χ2n) is 7.06. The number of nitrogens with one attached hydrogen (secondary N) is 1. The minimum absolute atomic E-state index is 0.0404.